The van der Waals surface area contributed by atoms with Gasteiger partial charge in [0.2, 0.25) is 0 Å². The lowest BCUT2D eigenvalue weighted by molar-refractivity contribution is 0.476. The van der Waals surface area contributed by atoms with E-state index < -0.39 is 0 Å². The predicted octanol–water partition coefficient (Wildman–Crippen LogP) is 3.32. The number of rotatable bonds is 0. The van der Waals surface area contributed by atoms with Crippen molar-refractivity contribution in [1.82, 2.24) is 4.98 Å². The van der Waals surface area contributed by atoms with Gasteiger partial charge in [0.1, 0.15) is 11.3 Å². The van der Waals surface area contributed by atoms with E-state index >= 15 is 0 Å². The second-order valence-electron chi connectivity index (χ2n) is 3.37. The van der Waals surface area contributed by atoms with Crippen molar-refractivity contribution in [3.8, 4) is 5.75 Å². The lowest BCUT2D eigenvalue weighted by atomic mass is 10.1. The number of fused-ring (bicyclic) bond motifs is 1. The van der Waals surface area contributed by atoms with Crippen molar-refractivity contribution in [2.75, 3.05) is 0 Å². The lowest BCUT2D eigenvalue weighted by Gasteiger charge is -2.06. The molecule has 2 rings (SSSR count). The number of aromatic hydroxyl groups is 1. The van der Waals surface area contributed by atoms with Crippen LogP contribution in [0.15, 0.2) is 22.7 Å². The van der Waals surface area contributed by atoms with Gasteiger partial charge in [0, 0.05) is 15.6 Å². The second-order valence-corrected chi connectivity index (χ2v) is 4.23. The number of phenolic OH excluding ortho intramolecular Hbond substituents is 1. The van der Waals surface area contributed by atoms with Crippen LogP contribution in [0.5, 0.6) is 5.75 Å². The molecule has 0 spiro atoms. The molecule has 14 heavy (non-hydrogen) atoms. The fraction of sp³-hybridized carbons (Fsp3) is 0.182. The summed E-state index contributed by atoms with van der Waals surface area (Å²) in [6.45, 7) is 3.78. The van der Waals surface area contributed by atoms with Gasteiger partial charge >= 0.3 is 0 Å². The van der Waals surface area contributed by atoms with E-state index in [0.29, 0.717) is 5.52 Å². The first-order valence-corrected chi connectivity index (χ1v) is 5.14. The quantitative estimate of drug-likeness (QED) is 0.780. The molecule has 0 aliphatic rings. The molecule has 1 N–H and O–H groups in total. The molecule has 0 saturated carbocycles. The molecule has 0 bridgehead atoms. The maximum absolute atomic E-state index is 9.82. The molecule has 1 heterocycles. The molecule has 1 aromatic carbocycles. The van der Waals surface area contributed by atoms with Crippen molar-refractivity contribution in [1.29, 1.82) is 0 Å². The van der Waals surface area contributed by atoms with Crippen LogP contribution >= 0.6 is 15.9 Å². The molecule has 0 aliphatic carbocycles. The third-order valence-electron chi connectivity index (χ3n) is 2.23. The van der Waals surface area contributed by atoms with E-state index in [1.807, 2.05) is 32.0 Å². The molecule has 3 heteroatoms. The summed E-state index contributed by atoms with van der Waals surface area (Å²) in [5, 5.41) is 10.8. The molecule has 0 aliphatic heterocycles. The van der Waals surface area contributed by atoms with Crippen LogP contribution in [0.3, 0.4) is 0 Å². The van der Waals surface area contributed by atoms with Crippen LogP contribution in [0.2, 0.25) is 0 Å². The monoisotopic (exact) mass is 251 g/mol. The normalized spacial score (nSPS) is 10.8. The van der Waals surface area contributed by atoms with E-state index in [4.69, 9.17) is 0 Å². The minimum Gasteiger partial charge on any atom is -0.505 e. The number of phenols is 1. The van der Waals surface area contributed by atoms with Crippen LogP contribution in [-0.2, 0) is 0 Å². The highest BCUT2D eigenvalue weighted by atomic mass is 79.9. The largest absolute Gasteiger partial charge is 0.505 e. The van der Waals surface area contributed by atoms with Gasteiger partial charge in [0.05, 0.1) is 0 Å². The van der Waals surface area contributed by atoms with Crippen molar-refractivity contribution < 1.29 is 5.11 Å². The van der Waals surface area contributed by atoms with Crippen molar-refractivity contribution in [2.45, 2.75) is 13.8 Å². The number of hydrogen-bond acceptors (Lipinski definition) is 2. The third-order valence-corrected chi connectivity index (χ3v) is 2.89. The molecule has 0 radical (unpaired) electrons. The van der Waals surface area contributed by atoms with Crippen LogP contribution in [0.4, 0.5) is 0 Å². The first-order valence-electron chi connectivity index (χ1n) is 4.35. The van der Waals surface area contributed by atoms with Gasteiger partial charge in [0.25, 0.3) is 0 Å². The van der Waals surface area contributed by atoms with Crippen LogP contribution in [-0.4, -0.2) is 10.1 Å². The molecular weight excluding hydrogens is 242 g/mol. The number of aromatic nitrogens is 1. The highest BCUT2D eigenvalue weighted by Gasteiger charge is 2.08. The van der Waals surface area contributed by atoms with Crippen LogP contribution in [0, 0.1) is 13.8 Å². The Morgan fingerprint density at radius 2 is 2.00 bits per heavy atom. The van der Waals surface area contributed by atoms with Gasteiger partial charge < -0.3 is 5.11 Å². The highest BCUT2D eigenvalue weighted by Crippen LogP contribution is 2.32. The van der Waals surface area contributed by atoms with Gasteiger partial charge in [-0.1, -0.05) is 15.9 Å². The number of nitrogens with zero attached hydrogens (tertiary/aromatic N) is 1. The molecule has 0 atom stereocenters. The zero-order valence-electron chi connectivity index (χ0n) is 8.00. The van der Waals surface area contributed by atoms with Gasteiger partial charge in [-0.15, -0.1) is 0 Å². The van der Waals surface area contributed by atoms with E-state index in [0.717, 1.165) is 21.1 Å². The number of halogens is 1. The first kappa shape index (κ1) is 9.46. The van der Waals surface area contributed by atoms with Crippen LogP contribution in [0.1, 0.15) is 11.3 Å². The highest BCUT2D eigenvalue weighted by molar-refractivity contribution is 9.10. The maximum atomic E-state index is 9.82. The SMILES string of the molecule is Cc1ccc2c(Br)cc(C)c(O)c2n1. The Morgan fingerprint density at radius 1 is 1.29 bits per heavy atom. The second kappa shape index (κ2) is 3.24. The molecule has 0 amide bonds. The molecule has 1 aromatic heterocycles. The number of hydrogen-bond donors (Lipinski definition) is 1. The van der Waals surface area contributed by atoms with Crippen molar-refractivity contribution in [2.24, 2.45) is 0 Å². The Hall–Kier alpha value is -1.09. The summed E-state index contributed by atoms with van der Waals surface area (Å²) < 4.78 is 0.968. The Kier molecular flexibility index (Phi) is 2.19. The summed E-state index contributed by atoms with van der Waals surface area (Å²) in [5.74, 6) is 0.270. The van der Waals surface area contributed by atoms with Crippen LogP contribution < -0.4 is 0 Å². The lowest BCUT2D eigenvalue weighted by Crippen LogP contribution is -1.87. The topological polar surface area (TPSA) is 33.1 Å². The smallest absolute Gasteiger partial charge is 0.144 e. The summed E-state index contributed by atoms with van der Waals surface area (Å²) in [6.07, 6.45) is 0. The van der Waals surface area contributed by atoms with Crippen molar-refractivity contribution >= 4 is 26.8 Å². The van der Waals surface area contributed by atoms with Gasteiger partial charge in [-0.3, -0.25) is 0 Å². The Morgan fingerprint density at radius 3 is 2.71 bits per heavy atom. The van der Waals surface area contributed by atoms with E-state index in [9.17, 15) is 5.11 Å². The summed E-state index contributed by atoms with van der Waals surface area (Å²) in [7, 11) is 0. The standard InChI is InChI=1S/C11H10BrNO/c1-6-5-9(12)8-4-3-7(2)13-10(8)11(6)14/h3-5,14H,1-2H3. The van der Waals surface area contributed by atoms with Gasteiger partial charge in [-0.05, 0) is 37.6 Å². The summed E-state index contributed by atoms with van der Waals surface area (Å²) in [4.78, 5) is 4.32. The van der Waals surface area contributed by atoms with E-state index in [-0.39, 0.29) is 5.75 Å². The summed E-state index contributed by atoms with van der Waals surface area (Å²) >= 11 is 3.46. The summed E-state index contributed by atoms with van der Waals surface area (Å²) in [5.41, 5.74) is 2.41. The molecule has 72 valence electrons. The maximum Gasteiger partial charge on any atom is 0.144 e. The number of benzene rings is 1. The van der Waals surface area contributed by atoms with Gasteiger partial charge in [-0.25, -0.2) is 4.98 Å². The van der Waals surface area contributed by atoms with Gasteiger partial charge in [0.15, 0.2) is 0 Å². The van der Waals surface area contributed by atoms with E-state index in [2.05, 4.69) is 20.9 Å². The average Bonchev–Trinajstić information content (AvgIpc) is 2.14. The first-order chi connectivity index (χ1) is 6.59. The Labute approximate surface area is 90.7 Å². The van der Waals surface area contributed by atoms with Crippen LogP contribution in [0.25, 0.3) is 10.9 Å². The Balaban J connectivity index is 2.95. The fourth-order valence-corrected chi connectivity index (χ4v) is 2.12. The third kappa shape index (κ3) is 1.38. The van der Waals surface area contributed by atoms with Crippen molar-refractivity contribution in [3.63, 3.8) is 0 Å². The number of aryl methyl sites for hydroxylation is 2. The Bertz CT molecular complexity index is 508. The zero-order valence-corrected chi connectivity index (χ0v) is 9.59. The molecular formula is C11H10BrNO. The van der Waals surface area contributed by atoms with Crippen molar-refractivity contribution in [3.05, 3.63) is 33.9 Å². The molecule has 0 saturated heterocycles. The molecule has 0 unspecified atom stereocenters. The van der Waals surface area contributed by atoms with E-state index in [1.54, 1.807) is 0 Å². The molecule has 2 aromatic rings. The zero-order chi connectivity index (χ0) is 10.3. The molecule has 2 nitrogen and oxygen atoms in total. The minimum absolute atomic E-state index is 0.270. The predicted molar refractivity (Wildman–Crippen MR) is 60.6 cm³/mol. The fourth-order valence-electron chi connectivity index (χ4n) is 1.45. The minimum atomic E-state index is 0.270. The average molecular weight is 252 g/mol. The van der Waals surface area contributed by atoms with Gasteiger partial charge in [-0.2, -0.15) is 0 Å². The molecule has 0 fully saturated rings. The number of pyridine rings is 1. The van der Waals surface area contributed by atoms with E-state index in [1.165, 1.54) is 0 Å². The summed E-state index contributed by atoms with van der Waals surface area (Å²) in [6, 6.07) is 5.79.